The Labute approximate surface area is 179 Å². The minimum absolute atomic E-state index is 0.438. The van der Waals surface area contributed by atoms with Crippen molar-refractivity contribution in [2.45, 2.75) is 26.4 Å². The lowest BCUT2D eigenvalue weighted by molar-refractivity contribution is 0.282. The van der Waals surface area contributed by atoms with Crippen LogP contribution in [0.1, 0.15) is 30.9 Å². The van der Waals surface area contributed by atoms with Gasteiger partial charge < -0.3 is 14.4 Å². The quantitative estimate of drug-likeness (QED) is 0.494. The molecule has 144 valence electrons. The third-order valence-electron chi connectivity index (χ3n) is 4.86. The highest BCUT2D eigenvalue weighted by molar-refractivity contribution is 9.10. The molecule has 0 amide bonds. The molecule has 0 aliphatic carbocycles. The number of hydrogen-bond acceptors (Lipinski definition) is 3. The summed E-state index contributed by atoms with van der Waals surface area (Å²) in [6.07, 6.45) is 2.36. The summed E-state index contributed by atoms with van der Waals surface area (Å²) in [5, 5.41) is 0.712. The van der Waals surface area contributed by atoms with E-state index >= 15 is 0 Å². The number of hydrogen-bond donors (Lipinski definition) is 0. The van der Waals surface area contributed by atoms with Gasteiger partial charge in [-0.1, -0.05) is 42.9 Å². The van der Waals surface area contributed by atoms with E-state index in [1.54, 1.807) is 7.11 Å². The molecule has 0 atom stereocenters. The Hall–Kier alpha value is -1.30. The molecule has 0 spiro atoms. The lowest BCUT2D eigenvalue weighted by atomic mass is 9.99. The van der Waals surface area contributed by atoms with Crippen LogP contribution in [-0.2, 0) is 6.61 Å². The first-order chi connectivity index (χ1) is 13.0. The topological polar surface area (TPSA) is 21.7 Å². The molecule has 0 radical (unpaired) electrons. The van der Waals surface area contributed by atoms with Gasteiger partial charge in [0.25, 0.3) is 0 Å². The molecular weight excluding hydrogens is 446 g/mol. The van der Waals surface area contributed by atoms with Crippen molar-refractivity contribution >= 4 is 44.7 Å². The minimum atomic E-state index is 0.438. The van der Waals surface area contributed by atoms with Crippen LogP contribution in [0.4, 0.5) is 0 Å². The SMILES string of the molecule is COc1cc(C(=S)N2CCC(C)CC2)c(Br)cc1OCc1ccc(Cl)cc1. The van der Waals surface area contributed by atoms with Crippen molar-refractivity contribution in [3.63, 3.8) is 0 Å². The summed E-state index contributed by atoms with van der Waals surface area (Å²) in [5.41, 5.74) is 2.01. The first kappa shape index (κ1) is 20.4. The fraction of sp³-hybridized carbons (Fsp3) is 0.381. The van der Waals surface area contributed by atoms with E-state index in [1.807, 2.05) is 36.4 Å². The van der Waals surface area contributed by atoms with Crippen molar-refractivity contribution in [1.82, 2.24) is 4.90 Å². The van der Waals surface area contributed by atoms with Gasteiger partial charge in [0.2, 0.25) is 0 Å². The van der Waals surface area contributed by atoms with Crippen LogP contribution in [0.2, 0.25) is 5.02 Å². The summed E-state index contributed by atoms with van der Waals surface area (Å²) < 4.78 is 12.4. The molecule has 2 aromatic rings. The highest BCUT2D eigenvalue weighted by atomic mass is 79.9. The van der Waals surface area contributed by atoms with E-state index in [1.165, 1.54) is 12.8 Å². The minimum Gasteiger partial charge on any atom is -0.493 e. The largest absolute Gasteiger partial charge is 0.493 e. The first-order valence-electron chi connectivity index (χ1n) is 9.02. The molecule has 1 aliphatic heterocycles. The summed E-state index contributed by atoms with van der Waals surface area (Å²) in [4.78, 5) is 3.14. The molecule has 2 aromatic carbocycles. The van der Waals surface area contributed by atoms with Crippen LogP contribution >= 0.6 is 39.7 Å². The maximum Gasteiger partial charge on any atom is 0.162 e. The molecule has 0 saturated carbocycles. The number of ether oxygens (including phenoxy) is 2. The van der Waals surface area contributed by atoms with Gasteiger partial charge in [-0.15, -0.1) is 0 Å². The Bertz CT molecular complexity index is 805. The van der Waals surface area contributed by atoms with E-state index in [0.717, 1.165) is 39.6 Å². The third kappa shape index (κ3) is 5.15. The van der Waals surface area contributed by atoms with Crippen LogP contribution in [-0.4, -0.2) is 30.1 Å². The fourth-order valence-corrected chi connectivity index (χ4v) is 4.21. The Kier molecular flexibility index (Phi) is 7.01. The van der Waals surface area contributed by atoms with Crippen LogP contribution < -0.4 is 9.47 Å². The monoisotopic (exact) mass is 467 g/mol. The number of benzene rings is 2. The summed E-state index contributed by atoms with van der Waals surface area (Å²) in [7, 11) is 1.65. The van der Waals surface area contributed by atoms with Gasteiger partial charge in [-0.2, -0.15) is 0 Å². The maximum atomic E-state index is 5.97. The molecule has 1 saturated heterocycles. The lowest BCUT2D eigenvalue weighted by Gasteiger charge is -2.32. The Morgan fingerprint density at radius 3 is 2.48 bits per heavy atom. The maximum absolute atomic E-state index is 5.97. The van der Waals surface area contributed by atoms with Crippen LogP contribution in [0.5, 0.6) is 11.5 Å². The highest BCUT2D eigenvalue weighted by Gasteiger charge is 2.22. The molecule has 1 fully saturated rings. The predicted octanol–water partition coefficient (Wildman–Crippen LogP) is 6.10. The summed E-state index contributed by atoms with van der Waals surface area (Å²) in [5.74, 6) is 2.12. The molecule has 0 unspecified atom stereocenters. The van der Waals surface area contributed by atoms with Crippen molar-refractivity contribution < 1.29 is 9.47 Å². The number of rotatable bonds is 5. The average molecular weight is 469 g/mol. The van der Waals surface area contributed by atoms with E-state index in [2.05, 4.69) is 27.8 Å². The normalized spacial score (nSPS) is 14.9. The summed E-state index contributed by atoms with van der Waals surface area (Å²) in [6.45, 7) is 4.74. The third-order valence-corrected chi connectivity index (χ3v) is 6.25. The van der Waals surface area contributed by atoms with Crippen molar-refractivity contribution in [3.05, 3.63) is 57.0 Å². The lowest BCUT2D eigenvalue weighted by Crippen LogP contribution is -2.37. The average Bonchev–Trinajstić information content (AvgIpc) is 2.67. The second-order valence-electron chi connectivity index (χ2n) is 6.87. The van der Waals surface area contributed by atoms with Crippen LogP contribution in [0.15, 0.2) is 40.9 Å². The Morgan fingerprint density at radius 1 is 1.19 bits per heavy atom. The highest BCUT2D eigenvalue weighted by Crippen LogP contribution is 2.35. The molecule has 3 rings (SSSR count). The zero-order chi connectivity index (χ0) is 19.4. The van der Waals surface area contributed by atoms with Gasteiger partial charge in [-0.3, -0.25) is 0 Å². The Morgan fingerprint density at radius 2 is 1.85 bits per heavy atom. The second kappa shape index (κ2) is 9.26. The molecule has 1 heterocycles. The van der Waals surface area contributed by atoms with Crippen LogP contribution in [0, 0.1) is 5.92 Å². The molecule has 6 heteroatoms. The van der Waals surface area contributed by atoms with Gasteiger partial charge in [0.05, 0.1) is 7.11 Å². The van der Waals surface area contributed by atoms with Crippen molar-refractivity contribution in [3.8, 4) is 11.5 Å². The molecule has 27 heavy (non-hydrogen) atoms. The molecule has 0 bridgehead atoms. The number of nitrogens with zero attached hydrogens (tertiary/aromatic N) is 1. The van der Waals surface area contributed by atoms with Crippen LogP contribution in [0.25, 0.3) is 0 Å². The molecule has 3 nitrogen and oxygen atoms in total. The van der Waals surface area contributed by atoms with Gasteiger partial charge in [0, 0.05) is 28.1 Å². The Balaban J connectivity index is 1.76. The smallest absolute Gasteiger partial charge is 0.162 e. The number of thiocarbonyl (C=S) groups is 1. The summed E-state index contributed by atoms with van der Waals surface area (Å²) in [6, 6.07) is 11.5. The van der Waals surface area contributed by atoms with Crippen molar-refractivity contribution in [1.29, 1.82) is 0 Å². The standard InChI is InChI=1S/C21H23BrClNO2S/c1-14-7-9-24(10-8-14)21(27)17-11-19(25-2)20(12-18(17)22)26-13-15-3-5-16(23)6-4-15/h3-6,11-12,14H,7-10,13H2,1-2H3. The van der Waals surface area contributed by atoms with E-state index in [0.29, 0.717) is 23.1 Å². The zero-order valence-electron chi connectivity index (χ0n) is 15.5. The van der Waals surface area contributed by atoms with E-state index in [-0.39, 0.29) is 0 Å². The van der Waals surface area contributed by atoms with Crippen molar-refractivity contribution in [2.75, 3.05) is 20.2 Å². The molecular formula is C21H23BrClNO2S. The predicted molar refractivity (Wildman–Crippen MR) is 118 cm³/mol. The number of methoxy groups -OCH3 is 1. The van der Waals surface area contributed by atoms with Crippen molar-refractivity contribution in [2.24, 2.45) is 5.92 Å². The van der Waals surface area contributed by atoms with E-state index in [9.17, 15) is 0 Å². The van der Waals surface area contributed by atoms with E-state index in [4.69, 9.17) is 33.3 Å². The number of halogens is 2. The zero-order valence-corrected chi connectivity index (χ0v) is 18.7. The van der Waals surface area contributed by atoms with E-state index < -0.39 is 0 Å². The van der Waals surface area contributed by atoms with Crippen LogP contribution in [0.3, 0.4) is 0 Å². The van der Waals surface area contributed by atoms with Gasteiger partial charge in [0.1, 0.15) is 11.6 Å². The van der Waals surface area contributed by atoms with Gasteiger partial charge in [-0.25, -0.2) is 0 Å². The molecule has 1 aliphatic rings. The van der Waals surface area contributed by atoms with Gasteiger partial charge in [0.15, 0.2) is 11.5 Å². The van der Waals surface area contributed by atoms with Gasteiger partial charge >= 0.3 is 0 Å². The second-order valence-corrected chi connectivity index (χ2v) is 8.55. The number of piperidine rings is 1. The molecule has 0 aromatic heterocycles. The van der Waals surface area contributed by atoms with Gasteiger partial charge in [-0.05, 0) is 64.5 Å². The first-order valence-corrected chi connectivity index (χ1v) is 10.6. The molecule has 0 N–H and O–H groups in total. The fourth-order valence-electron chi connectivity index (χ4n) is 3.10. The summed E-state index contributed by atoms with van der Waals surface area (Å²) >= 11 is 15.3. The number of likely N-dealkylation sites (tertiary alicyclic amines) is 1.